The van der Waals surface area contributed by atoms with Gasteiger partial charge in [0.15, 0.2) is 0 Å². The third-order valence-electron chi connectivity index (χ3n) is 2.83. The number of nitrogens with zero attached hydrogens (tertiary/aromatic N) is 1. The van der Waals surface area contributed by atoms with Crippen LogP contribution in [-0.2, 0) is 25.5 Å². The summed E-state index contributed by atoms with van der Waals surface area (Å²) in [6.07, 6.45) is 2.51. The molecular weight excluding hydrogens is 234 g/mol. The molecule has 0 aliphatic carbocycles. The minimum absolute atomic E-state index is 0.105. The molecule has 1 atom stereocenters. The van der Waals surface area contributed by atoms with Gasteiger partial charge in [-0.15, -0.1) is 0 Å². The van der Waals surface area contributed by atoms with Crippen molar-refractivity contribution >= 4 is 11.9 Å². The fraction of sp³-hybridized carbons (Fsp3) is 0.462. The van der Waals surface area contributed by atoms with Crippen molar-refractivity contribution in [3.8, 4) is 0 Å². The first-order chi connectivity index (χ1) is 8.49. The highest BCUT2D eigenvalue weighted by Crippen LogP contribution is 2.31. The summed E-state index contributed by atoms with van der Waals surface area (Å²) in [7, 11) is 0. The molecule has 96 valence electrons. The van der Waals surface area contributed by atoms with Crippen molar-refractivity contribution in [2.24, 2.45) is 5.41 Å². The van der Waals surface area contributed by atoms with Crippen LogP contribution in [0.3, 0.4) is 0 Å². The Morgan fingerprint density at radius 3 is 2.94 bits per heavy atom. The summed E-state index contributed by atoms with van der Waals surface area (Å²) in [6, 6.07) is 3.53. The largest absolute Gasteiger partial charge is 0.462 e. The molecule has 2 heterocycles. The van der Waals surface area contributed by atoms with Gasteiger partial charge in [-0.2, -0.15) is 0 Å². The summed E-state index contributed by atoms with van der Waals surface area (Å²) in [5, 5.41) is 0. The Hall–Kier alpha value is -1.91. The first-order valence-electron chi connectivity index (χ1n) is 5.74. The molecule has 0 aromatic carbocycles. The summed E-state index contributed by atoms with van der Waals surface area (Å²) in [4.78, 5) is 27.1. The molecule has 0 unspecified atom stereocenters. The van der Waals surface area contributed by atoms with Gasteiger partial charge in [-0.05, 0) is 11.6 Å². The van der Waals surface area contributed by atoms with Crippen LogP contribution in [0.1, 0.15) is 19.4 Å². The molecule has 1 fully saturated rings. The highest BCUT2D eigenvalue weighted by atomic mass is 16.6. The molecule has 0 spiro atoms. The molecule has 5 heteroatoms. The second kappa shape index (κ2) is 4.76. The van der Waals surface area contributed by atoms with E-state index in [4.69, 9.17) is 9.47 Å². The van der Waals surface area contributed by atoms with Crippen molar-refractivity contribution < 1.29 is 19.1 Å². The number of aromatic nitrogens is 1. The molecule has 1 aliphatic heterocycles. The van der Waals surface area contributed by atoms with Gasteiger partial charge in [0.25, 0.3) is 0 Å². The number of hydrogen-bond donors (Lipinski definition) is 0. The Morgan fingerprint density at radius 1 is 1.61 bits per heavy atom. The third-order valence-corrected chi connectivity index (χ3v) is 2.83. The van der Waals surface area contributed by atoms with Crippen LogP contribution in [0.25, 0.3) is 0 Å². The summed E-state index contributed by atoms with van der Waals surface area (Å²) >= 11 is 0. The van der Waals surface area contributed by atoms with Gasteiger partial charge < -0.3 is 9.47 Å². The number of rotatable bonds is 3. The smallest absolute Gasteiger partial charge is 0.348 e. The molecule has 1 aliphatic rings. The lowest BCUT2D eigenvalue weighted by Crippen LogP contribution is -2.35. The van der Waals surface area contributed by atoms with E-state index in [0.717, 1.165) is 5.56 Å². The van der Waals surface area contributed by atoms with E-state index in [1.807, 2.05) is 13.8 Å². The normalized spacial score (nSPS) is 21.4. The molecule has 0 bridgehead atoms. The van der Waals surface area contributed by atoms with Gasteiger partial charge in [0.05, 0.1) is 6.42 Å². The fourth-order valence-electron chi connectivity index (χ4n) is 1.78. The van der Waals surface area contributed by atoms with Crippen molar-refractivity contribution in [1.29, 1.82) is 0 Å². The predicted octanol–water partition coefficient (Wildman–Crippen LogP) is 1.12. The molecule has 2 rings (SSSR count). The van der Waals surface area contributed by atoms with E-state index in [1.54, 1.807) is 24.5 Å². The van der Waals surface area contributed by atoms with Crippen LogP contribution in [0.15, 0.2) is 24.5 Å². The fourth-order valence-corrected chi connectivity index (χ4v) is 1.78. The quantitative estimate of drug-likeness (QED) is 0.751. The minimum atomic E-state index is -0.818. The first-order valence-corrected chi connectivity index (χ1v) is 5.74. The van der Waals surface area contributed by atoms with Gasteiger partial charge in [-0.25, -0.2) is 4.79 Å². The maximum Gasteiger partial charge on any atom is 0.348 e. The van der Waals surface area contributed by atoms with E-state index < -0.39 is 23.5 Å². The molecule has 5 nitrogen and oxygen atoms in total. The summed E-state index contributed by atoms with van der Waals surface area (Å²) in [5.41, 5.74) is 0.286. The van der Waals surface area contributed by atoms with Crippen LogP contribution in [0, 0.1) is 5.41 Å². The average molecular weight is 249 g/mol. The zero-order valence-electron chi connectivity index (χ0n) is 10.4. The lowest BCUT2D eigenvalue weighted by atomic mass is 9.90. The van der Waals surface area contributed by atoms with Crippen molar-refractivity contribution in [3.05, 3.63) is 30.1 Å². The highest BCUT2D eigenvalue weighted by Gasteiger charge is 2.46. The second-order valence-corrected chi connectivity index (χ2v) is 5.00. The van der Waals surface area contributed by atoms with E-state index >= 15 is 0 Å². The van der Waals surface area contributed by atoms with Crippen molar-refractivity contribution in [2.45, 2.75) is 26.4 Å². The Balaban J connectivity index is 1.98. The molecule has 1 saturated heterocycles. The number of pyridine rings is 1. The van der Waals surface area contributed by atoms with Crippen LogP contribution in [0.2, 0.25) is 0 Å². The molecule has 0 N–H and O–H groups in total. The van der Waals surface area contributed by atoms with Gasteiger partial charge in [0.2, 0.25) is 6.10 Å². The van der Waals surface area contributed by atoms with Crippen LogP contribution in [-0.4, -0.2) is 29.6 Å². The van der Waals surface area contributed by atoms with Crippen molar-refractivity contribution in [1.82, 2.24) is 4.98 Å². The van der Waals surface area contributed by atoms with E-state index in [9.17, 15) is 9.59 Å². The number of cyclic esters (lactones) is 1. The van der Waals surface area contributed by atoms with Crippen LogP contribution < -0.4 is 0 Å². The molecule has 1 aromatic rings. The van der Waals surface area contributed by atoms with E-state index in [-0.39, 0.29) is 13.0 Å². The predicted molar refractivity (Wildman–Crippen MR) is 62.6 cm³/mol. The minimum Gasteiger partial charge on any atom is -0.462 e. The van der Waals surface area contributed by atoms with Crippen LogP contribution in [0.4, 0.5) is 0 Å². The zero-order valence-corrected chi connectivity index (χ0v) is 10.4. The topological polar surface area (TPSA) is 65.5 Å². The molecule has 1 aromatic heterocycles. The first kappa shape index (κ1) is 12.5. The lowest BCUT2D eigenvalue weighted by molar-refractivity contribution is -0.162. The van der Waals surface area contributed by atoms with E-state index in [0.29, 0.717) is 0 Å². The second-order valence-electron chi connectivity index (χ2n) is 5.00. The lowest BCUT2D eigenvalue weighted by Gasteiger charge is -2.21. The monoisotopic (exact) mass is 249 g/mol. The Kier molecular flexibility index (Phi) is 3.32. The summed E-state index contributed by atoms with van der Waals surface area (Å²) < 4.78 is 10.1. The third kappa shape index (κ3) is 2.67. The standard InChI is InChI=1S/C13H15NO4/c1-13(2)8-17-12(16)11(13)18-10(15)6-9-4-3-5-14-7-9/h3-5,7,11H,6,8H2,1-2H3/t11-/m0/s1. The Bertz CT molecular complexity index is 455. The number of hydrogen-bond acceptors (Lipinski definition) is 5. The average Bonchev–Trinajstić information content (AvgIpc) is 2.57. The summed E-state index contributed by atoms with van der Waals surface area (Å²) in [6.45, 7) is 3.94. The van der Waals surface area contributed by atoms with Crippen LogP contribution >= 0.6 is 0 Å². The van der Waals surface area contributed by atoms with Gasteiger partial charge in [-0.1, -0.05) is 19.9 Å². The molecule has 0 radical (unpaired) electrons. The van der Waals surface area contributed by atoms with E-state index in [1.165, 1.54) is 0 Å². The highest BCUT2D eigenvalue weighted by molar-refractivity contribution is 5.82. The van der Waals surface area contributed by atoms with Gasteiger partial charge in [0, 0.05) is 17.8 Å². The number of ether oxygens (including phenoxy) is 2. The number of esters is 2. The SMILES string of the molecule is CC1(C)COC(=O)[C@@H]1OC(=O)Cc1cccnc1. The van der Waals surface area contributed by atoms with Crippen LogP contribution in [0.5, 0.6) is 0 Å². The molecule has 0 saturated carbocycles. The van der Waals surface area contributed by atoms with Crippen molar-refractivity contribution in [3.63, 3.8) is 0 Å². The van der Waals surface area contributed by atoms with E-state index in [2.05, 4.69) is 4.98 Å². The molecular formula is C13H15NO4. The number of carbonyl (C=O) groups is 2. The molecule has 18 heavy (non-hydrogen) atoms. The summed E-state index contributed by atoms with van der Waals surface area (Å²) in [5.74, 6) is -0.917. The maximum absolute atomic E-state index is 11.7. The Labute approximate surface area is 105 Å². The van der Waals surface area contributed by atoms with Gasteiger partial charge >= 0.3 is 11.9 Å². The number of carbonyl (C=O) groups excluding carboxylic acids is 2. The van der Waals surface area contributed by atoms with Crippen molar-refractivity contribution in [2.75, 3.05) is 6.61 Å². The van der Waals surface area contributed by atoms with Gasteiger partial charge in [-0.3, -0.25) is 9.78 Å². The molecule has 0 amide bonds. The maximum atomic E-state index is 11.7. The van der Waals surface area contributed by atoms with Gasteiger partial charge in [0.1, 0.15) is 6.61 Å². The zero-order chi connectivity index (χ0) is 13.2. The Morgan fingerprint density at radius 2 is 2.39 bits per heavy atom.